The van der Waals surface area contributed by atoms with Crippen LogP contribution in [0.15, 0.2) is 0 Å². The van der Waals surface area contributed by atoms with E-state index in [4.69, 9.17) is 15.3 Å². The number of hydrogen-bond acceptors (Lipinski definition) is 3. The predicted octanol–water partition coefficient (Wildman–Crippen LogP) is 5.49. The van der Waals surface area contributed by atoms with Crippen LogP contribution in [0.2, 0.25) is 0 Å². The van der Waals surface area contributed by atoms with Gasteiger partial charge in [-0.25, -0.2) is 0 Å². The smallest absolute Gasteiger partial charge is 0.303 e. The molecule has 154 valence electrons. The van der Waals surface area contributed by atoms with Crippen molar-refractivity contribution in [3.05, 3.63) is 0 Å². The van der Waals surface area contributed by atoms with Gasteiger partial charge in [0.25, 0.3) is 0 Å². The molecule has 0 heterocycles. The fourth-order valence-electron chi connectivity index (χ4n) is 2.49. The average molecular weight is 375 g/mol. The molecule has 6 heteroatoms. The molecule has 0 aliphatic rings. The molecule has 6 nitrogen and oxygen atoms in total. The molecule has 0 spiro atoms. The molecule has 0 atom stereocenters. The largest absolute Gasteiger partial charge is 0.481 e. The molecule has 0 rings (SSSR count). The van der Waals surface area contributed by atoms with Gasteiger partial charge in [0.05, 0.1) is 0 Å². The SMILES string of the molecule is CCCCCCCCCC(=O)O.O=C(O)CCCCCCCCC(=O)O. The Hall–Kier alpha value is -1.59. The highest BCUT2D eigenvalue weighted by Gasteiger charge is 1.98. The molecule has 0 unspecified atom stereocenters. The van der Waals surface area contributed by atoms with E-state index < -0.39 is 17.9 Å². The van der Waals surface area contributed by atoms with E-state index in [1.165, 1.54) is 32.1 Å². The summed E-state index contributed by atoms with van der Waals surface area (Å²) >= 11 is 0. The number of aliphatic carboxylic acids is 3. The summed E-state index contributed by atoms with van der Waals surface area (Å²) in [6, 6.07) is 0. The van der Waals surface area contributed by atoms with Crippen molar-refractivity contribution < 1.29 is 29.7 Å². The van der Waals surface area contributed by atoms with Crippen LogP contribution in [0.3, 0.4) is 0 Å². The molecule has 0 radical (unpaired) electrons. The van der Waals surface area contributed by atoms with Gasteiger partial charge in [-0.1, -0.05) is 71.1 Å². The van der Waals surface area contributed by atoms with Crippen LogP contribution in [0.1, 0.15) is 110 Å². The molecule has 3 N–H and O–H groups in total. The number of carboxylic acids is 3. The fraction of sp³-hybridized carbons (Fsp3) is 0.850. The molecule has 0 bridgehead atoms. The van der Waals surface area contributed by atoms with Crippen LogP contribution in [0, 0.1) is 0 Å². The van der Waals surface area contributed by atoms with Crippen LogP contribution < -0.4 is 0 Å². The Balaban J connectivity index is 0. The molecular formula is C20H38O6. The second-order valence-electron chi connectivity index (χ2n) is 6.67. The summed E-state index contributed by atoms with van der Waals surface area (Å²) in [5.74, 6) is -2.14. The lowest BCUT2D eigenvalue weighted by atomic mass is 10.1. The summed E-state index contributed by atoms with van der Waals surface area (Å²) < 4.78 is 0. The molecule has 0 aromatic heterocycles. The van der Waals surface area contributed by atoms with E-state index in [0.717, 1.165) is 51.4 Å². The number of carboxylic acid groups (broad SMARTS) is 3. The second kappa shape index (κ2) is 21.5. The van der Waals surface area contributed by atoms with E-state index in [0.29, 0.717) is 6.42 Å². The van der Waals surface area contributed by atoms with E-state index in [1.807, 2.05) is 0 Å². The van der Waals surface area contributed by atoms with Gasteiger partial charge < -0.3 is 15.3 Å². The van der Waals surface area contributed by atoms with Gasteiger partial charge in [0.15, 0.2) is 0 Å². The zero-order valence-electron chi connectivity index (χ0n) is 16.4. The van der Waals surface area contributed by atoms with Crippen LogP contribution in [0.25, 0.3) is 0 Å². The summed E-state index contributed by atoms with van der Waals surface area (Å²) in [5, 5.41) is 25.1. The van der Waals surface area contributed by atoms with Crippen LogP contribution in [-0.4, -0.2) is 33.2 Å². The Kier molecular flexibility index (Phi) is 22.0. The minimum absolute atomic E-state index is 0.245. The van der Waals surface area contributed by atoms with Crippen LogP contribution in [0.4, 0.5) is 0 Å². The van der Waals surface area contributed by atoms with Gasteiger partial charge in [-0.3, -0.25) is 14.4 Å². The van der Waals surface area contributed by atoms with Gasteiger partial charge in [0.2, 0.25) is 0 Å². The lowest BCUT2D eigenvalue weighted by Crippen LogP contribution is -1.94. The van der Waals surface area contributed by atoms with Gasteiger partial charge in [-0.2, -0.15) is 0 Å². The summed E-state index contributed by atoms with van der Waals surface area (Å²) in [6.45, 7) is 2.20. The van der Waals surface area contributed by atoms with Gasteiger partial charge >= 0.3 is 17.9 Å². The normalized spacial score (nSPS) is 10.0. The molecule has 0 saturated carbocycles. The maximum Gasteiger partial charge on any atom is 0.303 e. The standard InChI is InChI=1S/C10H18O4.C10H20O2/c11-9(12)7-5-3-1-2-4-6-8-10(13)14;1-2-3-4-5-6-7-8-9-10(11)12/h1-8H2,(H,11,12)(H,13,14);2-9H2,1H3,(H,11,12). The van der Waals surface area contributed by atoms with Crippen molar-refractivity contribution >= 4 is 17.9 Å². The monoisotopic (exact) mass is 374 g/mol. The Bertz CT molecular complexity index is 334. The Morgan fingerprint density at radius 1 is 0.462 bits per heavy atom. The first-order chi connectivity index (χ1) is 12.4. The molecule has 0 fully saturated rings. The second-order valence-corrected chi connectivity index (χ2v) is 6.67. The maximum atomic E-state index is 10.1. The van der Waals surface area contributed by atoms with Crippen molar-refractivity contribution in [1.29, 1.82) is 0 Å². The molecule has 0 aromatic rings. The van der Waals surface area contributed by atoms with Crippen molar-refractivity contribution in [1.82, 2.24) is 0 Å². The number of carbonyl (C=O) groups is 3. The summed E-state index contributed by atoms with van der Waals surface area (Å²) in [7, 11) is 0. The molecule has 0 saturated heterocycles. The van der Waals surface area contributed by atoms with E-state index in [1.54, 1.807) is 0 Å². The topological polar surface area (TPSA) is 112 Å². The van der Waals surface area contributed by atoms with Crippen LogP contribution in [-0.2, 0) is 14.4 Å². The van der Waals surface area contributed by atoms with Crippen molar-refractivity contribution in [2.24, 2.45) is 0 Å². The molecule has 0 amide bonds. The van der Waals surface area contributed by atoms with E-state index >= 15 is 0 Å². The minimum atomic E-state index is -0.740. The number of rotatable bonds is 17. The molecule has 26 heavy (non-hydrogen) atoms. The van der Waals surface area contributed by atoms with E-state index in [-0.39, 0.29) is 12.8 Å². The highest BCUT2D eigenvalue weighted by Crippen LogP contribution is 2.09. The number of unbranched alkanes of at least 4 members (excludes halogenated alkanes) is 11. The quantitative estimate of drug-likeness (QED) is 0.290. The molecule has 0 aromatic carbocycles. The van der Waals surface area contributed by atoms with E-state index in [2.05, 4.69) is 6.92 Å². The molecule has 0 aliphatic carbocycles. The van der Waals surface area contributed by atoms with Crippen molar-refractivity contribution in [2.75, 3.05) is 0 Å². The van der Waals surface area contributed by atoms with Crippen molar-refractivity contribution in [2.45, 2.75) is 110 Å². The van der Waals surface area contributed by atoms with Gasteiger partial charge in [-0.15, -0.1) is 0 Å². The van der Waals surface area contributed by atoms with Crippen molar-refractivity contribution in [3.63, 3.8) is 0 Å². The lowest BCUT2D eigenvalue weighted by molar-refractivity contribution is -0.138. The number of hydrogen-bond donors (Lipinski definition) is 3. The zero-order valence-corrected chi connectivity index (χ0v) is 16.4. The third-order valence-corrected chi connectivity index (χ3v) is 4.03. The Labute approximate surface area is 158 Å². The fourth-order valence-corrected chi connectivity index (χ4v) is 2.49. The van der Waals surface area contributed by atoms with Gasteiger partial charge in [0, 0.05) is 19.3 Å². The molecule has 0 aliphatic heterocycles. The summed E-state index contributed by atoms with van der Waals surface area (Å²) in [6.07, 6.45) is 14.5. The first-order valence-electron chi connectivity index (χ1n) is 10.1. The first kappa shape index (κ1) is 26.6. The molecular weight excluding hydrogens is 336 g/mol. The van der Waals surface area contributed by atoms with Gasteiger partial charge in [0.1, 0.15) is 0 Å². The zero-order chi connectivity index (χ0) is 20.0. The van der Waals surface area contributed by atoms with Crippen molar-refractivity contribution in [3.8, 4) is 0 Å². The van der Waals surface area contributed by atoms with Crippen LogP contribution >= 0.6 is 0 Å². The van der Waals surface area contributed by atoms with Gasteiger partial charge in [-0.05, 0) is 19.3 Å². The highest BCUT2D eigenvalue weighted by atomic mass is 16.4. The highest BCUT2D eigenvalue weighted by molar-refractivity contribution is 5.67. The Morgan fingerprint density at radius 2 is 0.692 bits per heavy atom. The lowest BCUT2D eigenvalue weighted by Gasteiger charge is -1.98. The summed E-state index contributed by atoms with van der Waals surface area (Å²) in [5.41, 5.74) is 0. The Morgan fingerprint density at radius 3 is 0.923 bits per heavy atom. The first-order valence-corrected chi connectivity index (χ1v) is 10.1. The average Bonchev–Trinajstić information content (AvgIpc) is 2.56. The summed E-state index contributed by atoms with van der Waals surface area (Å²) in [4.78, 5) is 30.4. The third kappa shape index (κ3) is 30.3. The minimum Gasteiger partial charge on any atom is -0.481 e. The third-order valence-electron chi connectivity index (χ3n) is 4.03. The maximum absolute atomic E-state index is 10.1. The predicted molar refractivity (Wildman–Crippen MR) is 102 cm³/mol. The van der Waals surface area contributed by atoms with Crippen LogP contribution in [0.5, 0.6) is 0 Å². The van der Waals surface area contributed by atoms with E-state index in [9.17, 15) is 14.4 Å².